The minimum absolute atomic E-state index is 0.196. The monoisotopic (exact) mass is 333 g/mol. The highest BCUT2D eigenvalue weighted by Gasteiger charge is 2.28. The second kappa shape index (κ2) is 6.84. The number of nitrogens with one attached hydrogen (secondary N) is 2. The summed E-state index contributed by atoms with van der Waals surface area (Å²) >= 11 is 0. The van der Waals surface area contributed by atoms with Crippen LogP contribution in [0.4, 0.5) is 28.0 Å². The number of urea groups is 1. The quantitative estimate of drug-likeness (QED) is 0.832. The topological polar surface area (TPSA) is 61.4 Å². The molecule has 1 aliphatic heterocycles. The van der Waals surface area contributed by atoms with E-state index in [1.165, 1.54) is 12.1 Å². The average Bonchev–Trinajstić information content (AvgIpc) is 2.44. The minimum Gasteiger partial charge on any atom is -0.362 e. The van der Waals surface area contributed by atoms with Gasteiger partial charge in [0, 0.05) is 12.2 Å². The molecule has 0 saturated heterocycles. The van der Waals surface area contributed by atoms with E-state index < -0.39 is 24.7 Å². The average molecular weight is 333 g/mol. The minimum atomic E-state index is -4.55. The lowest BCUT2D eigenvalue weighted by atomic mass is 10.0. The number of carbonyl (C=O) groups excluding carboxylic acids is 2. The molecule has 126 valence electrons. The fraction of sp³-hybridized carbons (Fsp3) is 0.429. The predicted molar refractivity (Wildman–Crippen MR) is 74.5 cm³/mol. The largest absolute Gasteiger partial charge is 0.405 e. The molecule has 0 saturated carbocycles. The van der Waals surface area contributed by atoms with Crippen molar-refractivity contribution in [1.29, 1.82) is 0 Å². The number of aryl methyl sites for hydroxylation is 1. The first kappa shape index (κ1) is 17.0. The van der Waals surface area contributed by atoms with Crippen molar-refractivity contribution in [2.45, 2.75) is 19.0 Å². The van der Waals surface area contributed by atoms with Crippen molar-refractivity contribution in [1.82, 2.24) is 10.6 Å². The lowest BCUT2D eigenvalue weighted by Gasteiger charge is -2.30. The van der Waals surface area contributed by atoms with Crippen LogP contribution in [0.3, 0.4) is 0 Å². The van der Waals surface area contributed by atoms with Crippen LogP contribution in [-0.4, -0.2) is 37.7 Å². The summed E-state index contributed by atoms with van der Waals surface area (Å²) in [6.07, 6.45) is -3.16. The lowest BCUT2D eigenvalue weighted by molar-refractivity contribution is -0.124. The Labute approximate surface area is 129 Å². The molecule has 3 amide bonds. The molecular formula is C14H15F4N3O2. The van der Waals surface area contributed by atoms with Crippen LogP contribution in [0, 0.1) is 5.82 Å². The Morgan fingerprint density at radius 2 is 2.00 bits per heavy atom. The SMILES string of the molecule is O=C(CN1CCCc2cc(F)ccc21)NC(=O)NCC(F)(F)F. The van der Waals surface area contributed by atoms with Gasteiger partial charge < -0.3 is 10.2 Å². The molecule has 0 bridgehead atoms. The molecule has 5 nitrogen and oxygen atoms in total. The van der Waals surface area contributed by atoms with Crippen molar-refractivity contribution in [3.8, 4) is 0 Å². The normalized spacial score (nSPS) is 14.2. The smallest absolute Gasteiger partial charge is 0.362 e. The maximum Gasteiger partial charge on any atom is 0.405 e. The van der Waals surface area contributed by atoms with E-state index in [-0.39, 0.29) is 12.4 Å². The Morgan fingerprint density at radius 1 is 1.26 bits per heavy atom. The number of imide groups is 1. The molecule has 9 heteroatoms. The Hall–Kier alpha value is -2.32. The van der Waals surface area contributed by atoms with Crippen molar-refractivity contribution >= 4 is 17.6 Å². The summed E-state index contributed by atoms with van der Waals surface area (Å²) < 4.78 is 49.1. The number of hydrogen-bond acceptors (Lipinski definition) is 3. The molecule has 0 atom stereocenters. The van der Waals surface area contributed by atoms with E-state index in [1.54, 1.807) is 16.3 Å². The third-order valence-electron chi connectivity index (χ3n) is 3.29. The third-order valence-corrected chi connectivity index (χ3v) is 3.29. The van der Waals surface area contributed by atoms with Gasteiger partial charge in [0.1, 0.15) is 12.4 Å². The van der Waals surface area contributed by atoms with E-state index in [0.717, 1.165) is 5.56 Å². The number of carbonyl (C=O) groups is 2. The van der Waals surface area contributed by atoms with E-state index in [9.17, 15) is 27.2 Å². The van der Waals surface area contributed by atoms with Gasteiger partial charge in [0.05, 0.1) is 6.54 Å². The van der Waals surface area contributed by atoms with Gasteiger partial charge in [-0.15, -0.1) is 0 Å². The number of rotatable bonds is 3. The van der Waals surface area contributed by atoms with Gasteiger partial charge in [0.25, 0.3) is 0 Å². The number of halogens is 4. The highest BCUT2D eigenvalue weighted by molar-refractivity contribution is 5.96. The second-order valence-electron chi connectivity index (χ2n) is 5.14. The van der Waals surface area contributed by atoms with Crippen LogP contribution in [0.2, 0.25) is 0 Å². The summed E-state index contributed by atoms with van der Waals surface area (Å²) in [5, 5.41) is 3.39. The summed E-state index contributed by atoms with van der Waals surface area (Å²) in [5.41, 5.74) is 1.44. The number of anilines is 1. The van der Waals surface area contributed by atoms with Crippen molar-refractivity contribution in [3.63, 3.8) is 0 Å². The lowest BCUT2D eigenvalue weighted by Crippen LogP contribution is -2.47. The molecular weight excluding hydrogens is 318 g/mol. The maximum atomic E-state index is 13.2. The van der Waals surface area contributed by atoms with Gasteiger partial charge in [-0.25, -0.2) is 9.18 Å². The summed E-state index contributed by atoms with van der Waals surface area (Å²) in [6, 6.07) is 2.99. The molecule has 1 aromatic carbocycles. The summed E-state index contributed by atoms with van der Waals surface area (Å²) in [7, 11) is 0. The molecule has 23 heavy (non-hydrogen) atoms. The van der Waals surface area contributed by atoms with Gasteiger partial charge in [-0.05, 0) is 36.6 Å². The van der Waals surface area contributed by atoms with E-state index in [4.69, 9.17) is 0 Å². The first-order valence-electron chi connectivity index (χ1n) is 6.92. The van der Waals surface area contributed by atoms with Crippen molar-refractivity contribution in [3.05, 3.63) is 29.6 Å². The number of amides is 3. The third kappa shape index (κ3) is 5.11. The molecule has 0 radical (unpaired) electrons. The van der Waals surface area contributed by atoms with Gasteiger partial charge >= 0.3 is 12.2 Å². The Bertz CT molecular complexity index is 604. The van der Waals surface area contributed by atoms with E-state index in [2.05, 4.69) is 0 Å². The summed E-state index contributed by atoms with van der Waals surface area (Å²) in [5.74, 6) is -1.11. The molecule has 2 rings (SSSR count). The van der Waals surface area contributed by atoms with Crippen molar-refractivity contribution < 1.29 is 27.2 Å². The first-order valence-corrected chi connectivity index (χ1v) is 6.92. The molecule has 0 aliphatic carbocycles. The number of fused-ring (bicyclic) bond motifs is 1. The van der Waals surface area contributed by atoms with E-state index in [0.29, 0.717) is 25.1 Å². The highest BCUT2D eigenvalue weighted by Crippen LogP contribution is 2.27. The van der Waals surface area contributed by atoms with Gasteiger partial charge in [-0.3, -0.25) is 10.1 Å². The van der Waals surface area contributed by atoms with Crippen LogP contribution in [0.15, 0.2) is 18.2 Å². The Morgan fingerprint density at radius 3 is 2.70 bits per heavy atom. The van der Waals surface area contributed by atoms with Crippen LogP contribution in [0.5, 0.6) is 0 Å². The zero-order chi connectivity index (χ0) is 17.0. The van der Waals surface area contributed by atoms with Crippen LogP contribution in [0.25, 0.3) is 0 Å². The highest BCUT2D eigenvalue weighted by atomic mass is 19.4. The van der Waals surface area contributed by atoms with Gasteiger partial charge in [0.15, 0.2) is 0 Å². The van der Waals surface area contributed by atoms with Gasteiger partial charge in [-0.2, -0.15) is 13.2 Å². The molecule has 0 aromatic heterocycles. The standard InChI is InChI=1S/C14H15F4N3O2/c15-10-3-4-11-9(6-10)2-1-5-21(11)7-12(22)20-13(23)19-8-14(16,17)18/h3-4,6H,1-2,5,7-8H2,(H2,19,20,22,23). The van der Waals surface area contributed by atoms with Crippen LogP contribution >= 0.6 is 0 Å². The van der Waals surface area contributed by atoms with Crippen LogP contribution in [0.1, 0.15) is 12.0 Å². The number of benzene rings is 1. The molecule has 1 aromatic rings. The molecule has 1 aliphatic rings. The fourth-order valence-electron chi connectivity index (χ4n) is 2.37. The molecule has 1 heterocycles. The Kier molecular flexibility index (Phi) is 5.07. The van der Waals surface area contributed by atoms with Crippen LogP contribution in [-0.2, 0) is 11.2 Å². The number of hydrogen-bond donors (Lipinski definition) is 2. The molecule has 0 unspecified atom stereocenters. The first-order chi connectivity index (χ1) is 10.7. The molecule has 0 fully saturated rings. The maximum absolute atomic E-state index is 13.2. The van der Waals surface area contributed by atoms with Crippen molar-refractivity contribution in [2.24, 2.45) is 0 Å². The van der Waals surface area contributed by atoms with E-state index in [1.807, 2.05) is 5.32 Å². The zero-order valence-electron chi connectivity index (χ0n) is 12.0. The molecule has 0 spiro atoms. The zero-order valence-corrected chi connectivity index (χ0v) is 12.0. The molecule has 2 N–H and O–H groups in total. The summed E-state index contributed by atoms with van der Waals surface area (Å²) in [6.45, 7) is -1.17. The number of nitrogens with zero attached hydrogens (tertiary/aromatic N) is 1. The van der Waals surface area contributed by atoms with Crippen LogP contribution < -0.4 is 15.5 Å². The summed E-state index contributed by atoms with van der Waals surface area (Å²) in [4.78, 5) is 24.6. The van der Waals surface area contributed by atoms with Gasteiger partial charge in [-0.1, -0.05) is 0 Å². The van der Waals surface area contributed by atoms with E-state index >= 15 is 0 Å². The fourth-order valence-corrected chi connectivity index (χ4v) is 2.37. The number of alkyl halides is 3. The van der Waals surface area contributed by atoms with Gasteiger partial charge in [0.2, 0.25) is 5.91 Å². The van der Waals surface area contributed by atoms with Crippen molar-refractivity contribution in [2.75, 3.05) is 24.5 Å². The second-order valence-corrected chi connectivity index (χ2v) is 5.14. The Balaban J connectivity index is 1.90. The predicted octanol–water partition coefficient (Wildman–Crippen LogP) is 1.97.